The minimum atomic E-state index is -0.308. The van der Waals surface area contributed by atoms with Gasteiger partial charge in [-0.25, -0.2) is 0 Å². The van der Waals surface area contributed by atoms with E-state index < -0.39 is 0 Å². The van der Waals surface area contributed by atoms with Gasteiger partial charge in [0.1, 0.15) is 0 Å². The molecule has 0 aliphatic carbocycles. The second-order valence-electron chi connectivity index (χ2n) is 5.22. The van der Waals surface area contributed by atoms with Gasteiger partial charge in [0.05, 0.1) is 18.5 Å². The van der Waals surface area contributed by atoms with Crippen LogP contribution in [-0.4, -0.2) is 36.0 Å². The molecule has 2 atom stereocenters. The monoisotopic (exact) mass is 237 g/mol. The van der Waals surface area contributed by atoms with Crippen molar-refractivity contribution in [2.45, 2.75) is 52.1 Å². The Labute approximate surface area is 104 Å². The topological polar surface area (TPSA) is 56.1 Å². The number of hydrogen-bond acceptors (Lipinski definition) is 3. The molecule has 1 aliphatic heterocycles. The van der Waals surface area contributed by atoms with Crippen molar-refractivity contribution in [3.05, 3.63) is 0 Å². The maximum atomic E-state index is 12.3. The van der Waals surface area contributed by atoms with Gasteiger partial charge in [-0.05, 0) is 32.2 Å². The van der Waals surface area contributed by atoms with E-state index >= 15 is 0 Å². The highest BCUT2D eigenvalue weighted by atomic mass is 16.2. The molecule has 0 spiro atoms. The predicted molar refractivity (Wildman–Crippen MR) is 67.3 cm³/mol. The Bertz CT molecular complexity index is 296. The molecular weight excluding hydrogens is 214 g/mol. The number of rotatable bonds is 4. The number of nitrogens with one attached hydrogen (secondary N) is 1. The Balaban J connectivity index is 2.68. The number of carbonyl (C=O) groups is 1. The number of nitriles is 1. The summed E-state index contributed by atoms with van der Waals surface area (Å²) < 4.78 is 0. The Morgan fingerprint density at radius 1 is 1.59 bits per heavy atom. The van der Waals surface area contributed by atoms with Crippen molar-refractivity contribution in [1.82, 2.24) is 10.2 Å². The Kier molecular flexibility index (Phi) is 5.43. The maximum absolute atomic E-state index is 12.3. The van der Waals surface area contributed by atoms with Crippen molar-refractivity contribution in [2.75, 3.05) is 13.1 Å². The first-order valence-corrected chi connectivity index (χ1v) is 6.47. The lowest BCUT2D eigenvalue weighted by molar-refractivity contribution is -0.134. The third-order valence-corrected chi connectivity index (χ3v) is 3.31. The van der Waals surface area contributed by atoms with E-state index in [0.717, 1.165) is 25.9 Å². The second-order valence-corrected chi connectivity index (χ2v) is 5.22. The molecule has 1 fully saturated rings. The first-order valence-electron chi connectivity index (χ1n) is 6.47. The van der Waals surface area contributed by atoms with Gasteiger partial charge in [-0.1, -0.05) is 13.8 Å². The van der Waals surface area contributed by atoms with E-state index in [1.54, 1.807) is 0 Å². The van der Waals surface area contributed by atoms with Crippen LogP contribution in [0.3, 0.4) is 0 Å². The molecule has 1 aliphatic rings. The van der Waals surface area contributed by atoms with Gasteiger partial charge in [0, 0.05) is 12.6 Å². The van der Waals surface area contributed by atoms with E-state index in [9.17, 15) is 4.79 Å². The predicted octanol–water partition coefficient (Wildman–Crippen LogP) is 1.53. The Morgan fingerprint density at radius 3 is 2.88 bits per heavy atom. The van der Waals surface area contributed by atoms with Crippen molar-refractivity contribution >= 4 is 5.91 Å². The molecule has 96 valence electrons. The minimum absolute atomic E-state index is 0.0946. The van der Waals surface area contributed by atoms with Crippen LogP contribution in [-0.2, 0) is 4.79 Å². The van der Waals surface area contributed by atoms with Crippen LogP contribution < -0.4 is 5.32 Å². The molecule has 1 rings (SSSR count). The number of amides is 1. The van der Waals surface area contributed by atoms with Gasteiger partial charge < -0.3 is 10.2 Å². The van der Waals surface area contributed by atoms with Crippen molar-refractivity contribution in [2.24, 2.45) is 5.92 Å². The zero-order chi connectivity index (χ0) is 12.8. The summed E-state index contributed by atoms with van der Waals surface area (Å²) >= 11 is 0. The molecule has 1 heterocycles. The fourth-order valence-corrected chi connectivity index (χ4v) is 2.11. The summed E-state index contributed by atoms with van der Waals surface area (Å²) in [5.41, 5.74) is 0. The SMILES string of the molecule is CC(C)CCN1C(=O)C(CC#N)NCCC1C. The molecule has 2 unspecified atom stereocenters. The van der Waals surface area contributed by atoms with Gasteiger partial charge in [0.2, 0.25) is 5.91 Å². The van der Waals surface area contributed by atoms with Crippen LogP contribution in [0.2, 0.25) is 0 Å². The molecule has 0 aromatic carbocycles. The third-order valence-electron chi connectivity index (χ3n) is 3.31. The van der Waals surface area contributed by atoms with Crippen molar-refractivity contribution in [3.63, 3.8) is 0 Å². The minimum Gasteiger partial charge on any atom is -0.339 e. The van der Waals surface area contributed by atoms with Gasteiger partial charge in [-0.3, -0.25) is 4.79 Å². The summed E-state index contributed by atoms with van der Waals surface area (Å²) in [7, 11) is 0. The molecular formula is C13H23N3O. The third kappa shape index (κ3) is 4.01. The number of nitrogens with zero attached hydrogens (tertiary/aromatic N) is 2. The maximum Gasteiger partial charge on any atom is 0.241 e. The first kappa shape index (κ1) is 14.0. The molecule has 1 amide bonds. The van der Waals surface area contributed by atoms with Crippen LogP contribution in [0.5, 0.6) is 0 Å². The van der Waals surface area contributed by atoms with Crippen molar-refractivity contribution < 1.29 is 4.79 Å². The summed E-state index contributed by atoms with van der Waals surface area (Å²) in [5.74, 6) is 0.692. The quantitative estimate of drug-likeness (QED) is 0.806. The van der Waals surface area contributed by atoms with Gasteiger partial charge in [0.25, 0.3) is 0 Å². The lowest BCUT2D eigenvalue weighted by Gasteiger charge is -2.29. The van der Waals surface area contributed by atoms with E-state index in [0.29, 0.717) is 5.92 Å². The highest BCUT2D eigenvalue weighted by Gasteiger charge is 2.30. The molecule has 0 bridgehead atoms. The van der Waals surface area contributed by atoms with Crippen LogP contribution in [0.4, 0.5) is 0 Å². The van der Waals surface area contributed by atoms with Crippen LogP contribution in [0.15, 0.2) is 0 Å². The van der Waals surface area contributed by atoms with Crippen LogP contribution >= 0.6 is 0 Å². The lowest BCUT2D eigenvalue weighted by Crippen LogP contribution is -2.46. The highest BCUT2D eigenvalue weighted by Crippen LogP contribution is 2.14. The zero-order valence-corrected chi connectivity index (χ0v) is 11.1. The number of carbonyl (C=O) groups excluding carboxylic acids is 1. The molecule has 4 heteroatoms. The van der Waals surface area contributed by atoms with E-state index in [1.807, 2.05) is 4.90 Å². The van der Waals surface area contributed by atoms with Crippen LogP contribution in [0.1, 0.15) is 40.0 Å². The normalized spacial score (nSPS) is 25.8. The summed E-state index contributed by atoms with van der Waals surface area (Å²) in [5, 5.41) is 11.9. The van der Waals surface area contributed by atoms with Crippen LogP contribution in [0, 0.1) is 17.2 Å². The summed E-state index contributed by atoms with van der Waals surface area (Å²) in [6.07, 6.45) is 2.25. The van der Waals surface area contributed by atoms with E-state index in [1.165, 1.54) is 0 Å². The second kappa shape index (κ2) is 6.61. The molecule has 0 saturated carbocycles. The largest absolute Gasteiger partial charge is 0.339 e. The number of hydrogen-bond donors (Lipinski definition) is 1. The van der Waals surface area contributed by atoms with Gasteiger partial charge >= 0.3 is 0 Å². The molecule has 1 N–H and O–H groups in total. The molecule has 0 aromatic heterocycles. The highest BCUT2D eigenvalue weighted by molar-refractivity contribution is 5.82. The lowest BCUT2D eigenvalue weighted by atomic mass is 10.1. The molecule has 17 heavy (non-hydrogen) atoms. The fraction of sp³-hybridized carbons (Fsp3) is 0.846. The summed E-state index contributed by atoms with van der Waals surface area (Å²) in [6, 6.07) is 2.05. The molecule has 0 radical (unpaired) electrons. The average Bonchev–Trinajstić information content (AvgIpc) is 2.38. The van der Waals surface area contributed by atoms with E-state index in [2.05, 4.69) is 32.2 Å². The standard InChI is InChI=1S/C13H23N3O/c1-10(2)6-9-16-11(3)5-8-15-12(4-7-14)13(16)17/h10-12,15H,4-6,8-9H2,1-3H3. The zero-order valence-electron chi connectivity index (χ0n) is 11.1. The molecule has 4 nitrogen and oxygen atoms in total. The molecule has 1 saturated heterocycles. The fourth-order valence-electron chi connectivity index (χ4n) is 2.11. The van der Waals surface area contributed by atoms with Crippen LogP contribution in [0.25, 0.3) is 0 Å². The van der Waals surface area contributed by atoms with E-state index in [4.69, 9.17) is 5.26 Å². The Hall–Kier alpha value is -1.08. The Morgan fingerprint density at radius 2 is 2.29 bits per heavy atom. The summed E-state index contributed by atoms with van der Waals surface area (Å²) in [6.45, 7) is 8.04. The van der Waals surface area contributed by atoms with E-state index in [-0.39, 0.29) is 24.4 Å². The van der Waals surface area contributed by atoms with Crippen molar-refractivity contribution in [3.8, 4) is 6.07 Å². The van der Waals surface area contributed by atoms with Gasteiger partial charge in [0.15, 0.2) is 0 Å². The summed E-state index contributed by atoms with van der Waals surface area (Å²) in [4.78, 5) is 14.2. The van der Waals surface area contributed by atoms with Crippen molar-refractivity contribution in [1.29, 1.82) is 5.26 Å². The first-order chi connectivity index (χ1) is 8.06. The van der Waals surface area contributed by atoms with Gasteiger partial charge in [-0.15, -0.1) is 0 Å². The average molecular weight is 237 g/mol. The molecule has 0 aromatic rings. The smallest absolute Gasteiger partial charge is 0.241 e. The van der Waals surface area contributed by atoms with Gasteiger partial charge in [-0.2, -0.15) is 5.26 Å².